The molecule has 0 unspecified atom stereocenters. The number of thiol groups is 1. The minimum Gasteiger partial charge on any atom is -0.383 e. The van der Waals surface area contributed by atoms with E-state index in [0.29, 0.717) is 39.0 Å². The minimum atomic E-state index is -0.0135. The van der Waals surface area contributed by atoms with Gasteiger partial charge in [-0.15, -0.1) is 11.7 Å². The second-order valence-corrected chi connectivity index (χ2v) is 8.89. The number of carbonyl (C=O) groups excluding carboxylic acids is 2. The number of hydrogen-bond donors (Lipinski definition) is 2. The molecule has 0 spiro atoms. The lowest BCUT2D eigenvalue weighted by molar-refractivity contribution is -0.133. The Labute approximate surface area is 160 Å². The van der Waals surface area contributed by atoms with Gasteiger partial charge in [-0.25, -0.2) is 0 Å². The maximum atomic E-state index is 12.4. The maximum absolute atomic E-state index is 12.4. The molecule has 0 saturated carbocycles. The Morgan fingerprint density at radius 2 is 2.04 bits per heavy atom. The van der Waals surface area contributed by atoms with Gasteiger partial charge in [0.15, 0.2) is 0 Å². The summed E-state index contributed by atoms with van der Waals surface area (Å²) in [6.45, 7) is 5.80. The van der Waals surface area contributed by atoms with Crippen LogP contribution in [0.5, 0.6) is 0 Å². The van der Waals surface area contributed by atoms with Crippen LogP contribution in [0.25, 0.3) is 0 Å². The van der Waals surface area contributed by atoms with Crippen LogP contribution in [0.3, 0.4) is 0 Å². The standard InChI is InChI=1S/C17H32N2O4S2/c1-17(2,25-24)8-7-15(20)18-9-5-6-16(21)19-11-14(23-4)10-13(19)12-22-3/h13-14,24H,5-12H2,1-4H3,(H,18,20)/t13-,14+/m1/s1. The zero-order valence-electron chi connectivity index (χ0n) is 15.7. The highest BCUT2D eigenvalue weighted by Gasteiger charge is 2.34. The molecule has 6 nitrogen and oxygen atoms in total. The van der Waals surface area contributed by atoms with Crippen LogP contribution in [0.2, 0.25) is 0 Å². The van der Waals surface area contributed by atoms with E-state index in [-0.39, 0.29) is 28.7 Å². The first-order chi connectivity index (χ1) is 11.8. The molecule has 1 fully saturated rings. The van der Waals surface area contributed by atoms with Crippen molar-refractivity contribution >= 4 is 34.3 Å². The molecule has 1 aliphatic rings. The number of rotatable bonds is 11. The van der Waals surface area contributed by atoms with E-state index in [0.717, 1.165) is 12.8 Å². The lowest BCUT2D eigenvalue weighted by atomic mass is 10.1. The Bertz CT molecular complexity index is 435. The molecular formula is C17H32N2O4S2. The van der Waals surface area contributed by atoms with Crippen molar-refractivity contribution in [3.63, 3.8) is 0 Å². The molecule has 1 saturated heterocycles. The topological polar surface area (TPSA) is 67.9 Å². The molecule has 2 amide bonds. The Kier molecular flexibility index (Phi) is 10.2. The smallest absolute Gasteiger partial charge is 0.223 e. The lowest BCUT2D eigenvalue weighted by Crippen LogP contribution is -2.38. The third kappa shape index (κ3) is 8.19. The monoisotopic (exact) mass is 392 g/mol. The summed E-state index contributed by atoms with van der Waals surface area (Å²) in [6.07, 6.45) is 3.21. The summed E-state index contributed by atoms with van der Waals surface area (Å²) < 4.78 is 10.6. The van der Waals surface area contributed by atoms with Gasteiger partial charge in [0.2, 0.25) is 11.8 Å². The highest BCUT2D eigenvalue weighted by molar-refractivity contribution is 8.69. The molecule has 8 heteroatoms. The van der Waals surface area contributed by atoms with Crippen LogP contribution < -0.4 is 5.32 Å². The molecule has 0 aromatic rings. The van der Waals surface area contributed by atoms with Crippen LogP contribution in [0.1, 0.15) is 46.0 Å². The zero-order valence-corrected chi connectivity index (χ0v) is 17.5. The van der Waals surface area contributed by atoms with Crippen molar-refractivity contribution in [1.29, 1.82) is 0 Å². The Morgan fingerprint density at radius 3 is 2.64 bits per heavy atom. The van der Waals surface area contributed by atoms with E-state index >= 15 is 0 Å². The molecule has 0 aromatic carbocycles. The molecule has 1 aliphatic heterocycles. The molecule has 0 aromatic heterocycles. The number of nitrogens with zero attached hydrogens (tertiary/aromatic N) is 1. The average molecular weight is 393 g/mol. The van der Waals surface area contributed by atoms with Crippen LogP contribution in [0.15, 0.2) is 0 Å². The number of amides is 2. The summed E-state index contributed by atoms with van der Waals surface area (Å²) in [5.41, 5.74) is 0. The van der Waals surface area contributed by atoms with Gasteiger partial charge in [0.1, 0.15) is 0 Å². The van der Waals surface area contributed by atoms with E-state index in [4.69, 9.17) is 9.47 Å². The lowest BCUT2D eigenvalue weighted by Gasteiger charge is -2.24. The molecule has 0 radical (unpaired) electrons. The second-order valence-electron chi connectivity index (χ2n) is 7.05. The minimum absolute atomic E-state index is 0.0135. The number of hydrogen-bond acceptors (Lipinski definition) is 6. The number of ether oxygens (including phenoxy) is 2. The van der Waals surface area contributed by atoms with Crippen molar-refractivity contribution in [2.75, 3.05) is 33.9 Å². The second kappa shape index (κ2) is 11.3. The summed E-state index contributed by atoms with van der Waals surface area (Å²) in [5, 5.41) is 2.89. The molecule has 0 aliphatic carbocycles. The van der Waals surface area contributed by atoms with Crippen molar-refractivity contribution in [2.24, 2.45) is 0 Å². The van der Waals surface area contributed by atoms with E-state index < -0.39 is 0 Å². The van der Waals surface area contributed by atoms with Crippen molar-refractivity contribution < 1.29 is 19.1 Å². The molecular weight excluding hydrogens is 360 g/mol. The third-order valence-corrected chi connectivity index (χ3v) is 6.66. The fourth-order valence-corrected chi connectivity index (χ4v) is 3.33. The summed E-state index contributed by atoms with van der Waals surface area (Å²) in [5.74, 6) is 0.129. The SMILES string of the molecule is COC[C@H]1C[C@H](OC)CN1C(=O)CCCNC(=O)CCC(C)(C)SS. The number of methoxy groups -OCH3 is 2. The highest BCUT2D eigenvalue weighted by Crippen LogP contribution is 2.31. The first-order valence-electron chi connectivity index (χ1n) is 8.73. The van der Waals surface area contributed by atoms with Gasteiger partial charge in [-0.3, -0.25) is 9.59 Å². The predicted octanol–water partition coefficient (Wildman–Crippen LogP) is 2.28. The fraction of sp³-hybridized carbons (Fsp3) is 0.882. The number of likely N-dealkylation sites (tertiary alicyclic amines) is 1. The largest absolute Gasteiger partial charge is 0.383 e. The molecule has 146 valence electrons. The first kappa shape index (κ1) is 22.6. The van der Waals surface area contributed by atoms with Crippen LogP contribution in [-0.4, -0.2) is 67.5 Å². The summed E-state index contributed by atoms with van der Waals surface area (Å²) in [6, 6.07) is 0.0815. The van der Waals surface area contributed by atoms with E-state index in [9.17, 15) is 9.59 Å². The maximum Gasteiger partial charge on any atom is 0.223 e. The van der Waals surface area contributed by atoms with Gasteiger partial charge >= 0.3 is 0 Å². The van der Waals surface area contributed by atoms with Crippen LogP contribution in [0.4, 0.5) is 0 Å². The quantitative estimate of drug-likeness (QED) is 0.321. The Balaban J connectivity index is 2.26. The molecule has 1 rings (SSSR count). The van der Waals surface area contributed by atoms with Crippen molar-refractivity contribution in [2.45, 2.75) is 62.8 Å². The molecule has 1 N–H and O–H groups in total. The molecule has 25 heavy (non-hydrogen) atoms. The van der Waals surface area contributed by atoms with Crippen molar-refractivity contribution in [1.82, 2.24) is 10.2 Å². The van der Waals surface area contributed by atoms with Gasteiger partial charge in [0.05, 0.1) is 18.8 Å². The number of carbonyl (C=O) groups is 2. The van der Waals surface area contributed by atoms with Crippen LogP contribution >= 0.6 is 22.5 Å². The highest BCUT2D eigenvalue weighted by atomic mass is 33.1. The van der Waals surface area contributed by atoms with E-state index in [1.807, 2.05) is 4.90 Å². The fourth-order valence-electron chi connectivity index (χ4n) is 2.86. The molecule has 2 atom stereocenters. The average Bonchev–Trinajstić information content (AvgIpc) is 3.00. The normalized spacial score (nSPS) is 20.8. The Morgan fingerprint density at radius 1 is 1.32 bits per heavy atom. The van der Waals surface area contributed by atoms with Gasteiger partial charge in [-0.1, -0.05) is 10.8 Å². The summed E-state index contributed by atoms with van der Waals surface area (Å²) in [4.78, 5) is 26.1. The zero-order chi connectivity index (χ0) is 18.9. The van der Waals surface area contributed by atoms with E-state index in [1.165, 1.54) is 10.8 Å². The summed E-state index contributed by atoms with van der Waals surface area (Å²) in [7, 11) is 4.78. The van der Waals surface area contributed by atoms with E-state index in [2.05, 4.69) is 30.8 Å². The first-order valence-corrected chi connectivity index (χ1v) is 10.6. The van der Waals surface area contributed by atoms with Crippen LogP contribution in [-0.2, 0) is 19.1 Å². The number of nitrogens with one attached hydrogen (secondary N) is 1. The molecule has 1 heterocycles. The van der Waals surface area contributed by atoms with Gasteiger partial charge < -0.3 is 19.7 Å². The van der Waals surface area contributed by atoms with Crippen LogP contribution in [0, 0.1) is 0 Å². The predicted molar refractivity (Wildman–Crippen MR) is 105 cm³/mol. The third-order valence-electron chi connectivity index (χ3n) is 4.48. The van der Waals surface area contributed by atoms with Gasteiger partial charge in [-0.2, -0.15) is 0 Å². The molecule has 0 bridgehead atoms. The van der Waals surface area contributed by atoms with Gasteiger partial charge in [-0.05, 0) is 33.1 Å². The van der Waals surface area contributed by atoms with Gasteiger partial charge in [0, 0.05) is 44.9 Å². The summed E-state index contributed by atoms with van der Waals surface area (Å²) >= 11 is 4.21. The Hall–Kier alpha value is -0.440. The van der Waals surface area contributed by atoms with Gasteiger partial charge in [0.25, 0.3) is 0 Å². The van der Waals surface area contributed by atoms with Crippen molar-refractivity contribution in [3.05, 3.63) is 0 Å². The van der Waals surface area contributed by atoms with Crippen molar-refractivity contribution in [3.8, 4) is 0 Å². The van der Waals surface area contributed by atoms with E-state index in [1.54, 1.807) is 14.2 Å².